The number of fused-ring (bicyclic) bond motifs is 8. The third kappa shape index (κ3) is 4.55. The van der Waals surface area contributed by atoms with Crippen LogP contribution in [0.5, 0.6) is 0 Å². The zero-order valence-electron chi connectivity index (χ0n) is 23.8. The standard InChI is InChI=1S/C31H33N10/c1-21-22(2)39-17-29-33-30(41(36-29)31(25-11-7-5-8-12-25)26-13-9-6-10-14-26)18-40-20-38(23(3)24(40)4)16-28-32-27(34-35-28)15-37(21)19-39/h5-14,19-20,31H,15-18H2,1-4H3/q+1. The van der Waals surface area contributed by atoms with Crippen molar-refractivity contribution in [2.45, 2.75) is 59.9 Å². The summed E-state index contributed by atoms with van der Waals surface area (Å²) in [6.07, 6.45) is 4.24. The molecule has 41 heavy (non-hydrogen) atoms. The van der Waals surface area contributed by atoms with Crippen molar-refractivity contribution in [3.8, 4) is 0 Å². The van der Waals surface area contributed by atoms with Gasteiger partial charge in [0.05, 0.1) is 0 Å². The third-order valence-corrected chi connectivity index (χ3v) is 8.33. The molecule has 2 aromatic carbocycles. The Labute approximate surface area is 238 Å². The largest absolute Gasteiger partial charge is 0.359 e. The van der Waals surface area contributed by atoms with Crippen LogP contribution in [0, 0.1) is 27.7 Å². The molecule has 1 aliphatic rings. The molecule has 7 rings (SSSR count). The van der Waals surface area contributed by atoms with E-state index in [9.17, 15) is 0 Å². The van der Waals surface area contributed by atoms with Crippen LogP contribution in [0.3, 0.4) is 0 Å². The minimum absolute atomic E-state index is 0.112. The predicted octanol–water partition coefficient (Wildman–Crippen LogP) is 2.58. The van der Waals surface area contributed by atoms with Crippen molar-refractivity contribution in [3.63, 3.8) is 0 Å². The molecule has 0 atom stereocenters. The summed E-state index contributed by atoms with van der Waals surface area (Å²) in [5, 5.41) is 14.0. The van der Waals surface area contributed by atoms with Crippen molar-refractivity contribution in [2.24, 2.45) is 0 Å². The lowest BCUT2D eigenvalue weighted by atomic mass is 9.99. The van der Waals surface area contributed by atoms with Crippen molar-refractivity contribution in [2.75, 3.05) is 0 Å². The zero-order valence-corrected chi connectivity index (χ0v) is 23.8. The number of rotatable bonds is 3. The second kappa shape index (κ2) is 9.96. The van der Waals surface area contributed by atoms with Crippen molar-refractivity contribution < 1.29 is 9.13 Å². The van der Waals surface area contributed by atoms with Crippen LogP contribution in [-0.4, -0.2) is 34.1 Å². The molecular weight excluding hydrogens is 512 g/mol. The van der Waals surface area contributed by atoms with Gasteiger partial charge in [0.2, 0.25) is 12.7 Å². The Hall–Kier alpha value is -4.86. The van der Waals surface area contributed by atoms with E-state index < -0.39 is 0 Å². The van der Waals surface area contributed by atoms with Crippen LogP contribution in [0.2, 0.25) is 0 Å². The van der Waals surface area contributed by atoms with Gasteiger partial charge in [-0.3, -0.25) is 0 Å². The fraction of sp³-hybridized carbons (Fsp3) is 0.290. The summed E-state index contributed by atoms with van der Waals surface area (Å²) in [5.41, 5.74) is 6.97. The number of aromatic nitrogens is 10. The van der Waals surface area contributed by atoms with Crippen molar-refractivity contribution in [1.82, 2.24) is 39.1 Å². The minimum atomic E-state index is -0.112. The molecule has 0 radical (unpaired) electrons. The summed E-state index contributed by atoms with van der Waals surface area (Å²) in [7, 11) is 0. The predicted molar refractivity (Wildman–Crippen MR) is 150 cm³/mol. The van der Waals surface area contributed by atoms with Crippen LogP contribution in [0.25, 0.3) is 0 Å². The first-order chi connectivity index (χ1) is 19.9. The first-order valence-corrected chi connectivity index (χ1v) is 14.0. The van der Waals surface area contributed by atoms with E-state index in [2.05, 4.69) is 134 Å². The highest BCUT2D eigenvalue weighted by atomic mass is 15.4. The maximum atomic E-state index is 5.20. The second-order valence-corrected chi connectivity index (χ2v) is 10.8. The Balaban J connectivity index is 1.41. The first kappa shape index (κ1) is 25.1. The number of nitrogens with zero attached hydrogens (tertiary/aromatic N) is 10. The summed E-state index contributed by atoms with van der Waals surface area (Å²) in [4.78, 5) is 9.94. The molecule has 6 aromatic rings. The highest BCUT2D eigenvalue weighted by molar-refractivity contribution is 5.33. The Morgan fingerprint density at radius 3 is 1.76 bits per heavy atom. The smallest absolute Gasteiger partial charge is 0.244 e. The molecular formula is C31H33N10+. The molecule has 8 bridgehead atoms. The molecule has 206 valence electrons. The SMILES string of the molecule is Cc1c(C)[n+]2cn1Cc1nc(n(C(c3ccccc3)c3ccccc3)n1)Cn1c[n+](c(C)c1C)Cc1nnc([n-]1)C2. The van der Waals surface area contributed by atoms with Crippen LogP contribution in [0.1, 0.15) is 63.2 Å². The molecule has 0 aliphatic carbocycles. The molecule has 0 fully saturated rings. The Morgan fingerprint density at radius 2 is 1.22 bits per heavy atom. The average molecular weight is 546 g/mol. The van der Waals surface area contributed by atoms with Gasteiger partial charge in [0, 0.05) is 39.3 Å². The highest BCUT2D eigenvalue weighted by Gasteiger charge is 2.27. The molecule has 10 nitrogen and oxygen atoms in total. The molecule has 1 aliphatic heterocycles. The number of hydrogen-bond acceptors (Lipinski definition) is 4. The lowest BCUT2D eigenvalue weighted by molar-refractivity contribution is -0.695. The van der Waals surface area contributed by atoms with E-state index in [1.807, 2.05) is 0 Å². The maximum Gasteiger partial charge on any atom is 0.244 e. The quantitative estimate of drug-likeness (QED) is 0.319. The van der Waals surface area contributed by atoms with Gasteiger partial charge < -0.3 is 15.2 Å². The van der Waals surface area contributed by atoms with Crippen LogP contribution >= 0.6 is 0 Å². The van der Waals surface area contributed by atoms with Crippen molar-refractivity contribution in [1.29, 1.82) is 0 Å². The normalized spacial score (nSPS) is 13.2. The van der Waals surface area contributed by atoms with Gasteiger partial charge in [0.25, 0.3) is 0 Å². The molecule has 0 unspecified atom stereocenters. The summed E-state index contributed by atoms with van der Waals surface area (Å²) < 4.78 is 10.9. The fourth-order valence-electron chi connectivity index (χ4n) is 5.74. The molecule has 4 aromatic heterocycles. The topological polar surface area (TPSA) is 88.2 Å². The van der Waals surface area contributed by atoms with Gasteiger partial charge in [-0.1, -0.05) is 60.7 Å². The molecule has 10 heteroatoms. The van der Waals surface area contributed by atoms with Crippen molar-refractivity contribution >= 4 is 0 Å². The van der Waals surface area contributed by atoms with Crippen LogP contribution in [0.15, 0.2) is 73.3 Å². The van der Waals surface area contributed by atoms with Gasteiger partial charge in [0.1, 0.15) is 48.5 Å². The molecule has 0 spiro atoms. The van der Waals surface area contributed by atoms with Crippen LogP contribution in [-0.2, 0) is 26.2 Å². The van der Waals surface area contributed by atoms with Gasteiger partial charge in [0.15, 0.2) is 18.2 Å². The molecule has 5 heterocycles. The second-order valence-electron chi connectivity index (χ2n) is 10.8. The summed E-state index contributed by atoms with van der Waals surface area (Å²) in [5.74, 6) is 3.10. The minimum Gasteiger partial charge on any atom is -0.359 e. The summed E-state index contributed by atoms with van der Waals surface area (Å²) in [6.45, 7) is 10.8. The van der Waals surface area contributed by atoms with Crippen LogP contribution in [0.4, 0.5) is 0 Å². The van der Waals surface area contributed by atoms with E-state index in [0.717, 1.165) is 34.4 Å². The zero-order chi connectivity index (χ0) is 28.1. The maximum absolute atomic E-state index is 5.20. The van der Waals surface area contributed by atoms with E-state index in [4.69, 9.17) is 15.1 Å². The fourth-order valence-corrected chi connectivity index (χ4v) is 5.74. The summed E-state index contributed by atoms with van der Waals surface area (Å²) in [6, 6.07) is 21.0. The van der Waals surface area contributed by atoms with Gasteiger partial charge in [-0.05, 0) is 11.1 Å². The molecule has 0 saturated heterocycles. The highest BCUT2D eigenvalue weighted by Crippen LogP contribution is 2.28. The lowest BCUT2D eigenvalue weighted by Gasteiger charge is -2.20. The van der Waals surface area contributed by atoms with E-state index in [-0.39, 0.29) is 6.04 Å². The van der Waals surface area contributed by atoms with E-state index in [1.54, 1.807) is 0 Å². The number of imidazole rings is 2. The Kier molecular flexibility index (Phi) is 6.10. The summed E-state index contributed by atoms with van der Waals surface area (Å²) >= 11 is 0. The number of hydrogen-bond donors (Lipinski definition) is 0. The Morgan fingerprint density at radius 1 is 0.707 bits per heavy atom. The van der Waals surface area contributed by atoms with Gasteiger partial charge in [-0.2, -0.15) is 5.10 Å². The lowest BCUT2D eigenvalue weighted by Crippen LogP contribution is -2.37. The Bertz CT molecular complexity index is 1800. The third-order valence-electron chi connectivity index (χ3n) is 8.33. The average Bonchev–Trinajstić information content (AvgIpc) is 3.72. The molecule has 0 amide bonds. The van der Waals surface area contributed by atoms with Crippen LogP contribution < -0.4 is 14.1 Å². The first-order valence-electron chi connectivity index (χ1n) is 14.0. The van der Waals surface area contributed by atoms with E-state index in [1.165, 1.54) is 11.1 Å². The van der Waals surface area contributed by atoms with E-state index in [0.29, 0.717) is 37.8 Å². The number of benzene rings is 2. The van der Waals surface area contributed by atoms with Crippen molar-refractivity contribution in [3.05, 3.63) is 131 Å². The van der Waals surface area contributed by atoms with Gasteiger partial charge in [-0.15, -0.1) is 0 Å². The van der Waals surface area contributed by atoms with E-state index >= 15 is 0 Å². The monoisotopic (exact) mass is 545 g/mol. The molecule has 0 saturated carbocycles. The van der Waals surface area contributed by atoms with Gasteiger partial charge >= 0.3 is 0 Å². The van der Waals surface area contributed by atoms with Gasteiger partial charge in [-0.25, -0.2) is 27.9 Å². The molecule has 0 N–H and O–H groups in total.